The number of hydrogen-bond donors (Lipinski definition) is 2. The average molecular weight is 414 g/mol. The van der Waals surface area contributed by atoms with E-state index in [9.17, 15) is 9.00 Å². The van der Waals surface area contributed by atoms with Gasteiger partial charge in [-0.1, -0.05) is 12.1 Å². The van der Waals surface area contributed by atoms with Gasteiger partial charge >= 0.3 is 6.03 Å². The van der Waals surface area contributed by atoms with Crippen molar-refractivity contribution in [1.82, 2.24) is 9.88 Å². The van der Waals surface area contributed by atoms with Gasteiger partial charge in [0, 0.05) is 18.4 Å². The number of carbonyl (C=O) groups excluding carboxylic acids is 1. The summed E-state index contributed by atoms with van der Waals surface area (Å²) in [6, 6.07) is 5.00. The third-order valence-corrected chi connectivity index (χ3v) is 6.80. The van der Waals surface area contributed by atoms with Crippen LogP contribution in [0, 0.1) is 0 Å². The zero-order valence-corrected chi connectivity index (χ0v) is 17.7. The minimum Gasteiger partial charge on any atom is -0.305 e. The van der Waals surface area contributed by atoms with Crippen molar-refractivity contribution in [3.8, 4) is 0 Å². The first-order valence-corrected chi connectivity index (χ1v) is 11.5. The molecule has 4 rings (SSSR count). The molecule has 7 nitrogen and oxygen atoms in total. The van der Waals surface area contributed by atoms with Gasteiger partial charge in [-0.15, -0.1) is 4.36 Å². The van der Waals surface area contributed by atoms with Crippen LogP contribution in [0.15, 0.2) is 33.8 Å². The first-order valence-electron chi connectivity index (χ1n) is 9.95. The Kier molecular flexibility index (Phi) is 5.42. The molecule has 2 aliphatic rings. The lowest BCUT2D eigenvalue weighted by Crippen LogP contribution is -2.20. The highest BCUT2D eigenvalue weighted by molar-refractivity contribution is 7.91. The summed E-state index contributed by atoms with van der Waals surface area (Å²) >= 11 is 0. The van der Waals surface area contributed by atoms with E-state index >= 15 is 0 Å². The number of aryl methyl sites for hydroxylation is 2. The van der Waals surface area contributed by atoms with Crippen LogP contribution in [0.3, 0.4) is 0 Å². The van der Waals surface area contributed by atoms with Crippen molar-refractivity contribution in [3.05, 3.63) is 52.2 Å². The maximum absolute atomic E-state index is 12.9. The molecule has 0 unspecified atom stereocenters. The van der Waals surface area contributed by atoms with Crippen molar-refractivity contribution in [3.63, 3.8) is 0 Å². The monoisotopic (exact) mass is 413 g/mol. The molecule has 29 heavy (non-hydrogen) atoms. The van der Waals surface area contributed by atoms with Gasteiger partial charge in [-0.05, 0) is 86.5 Å². The number of anilines is 1. The van der Waals surface area contributed by atoms with Crippen LogP contribution in [0.25, 0.3) is 0 Å². The third kappa shape index (κ3) is 4.19. The summed E-state index contributed by atoms with van der Waals surface area (Å²) in [6.45, 7) is 0.709. The topological polar surface area (TPSA) is 101 Å². The predicted molar refractivity (Wildman–Crippen MR) is 114 cm³/mol. The molecule has 1 heterocycles. The van der Waals surface area contributed by atoms with Gasteiger partial charge in [0.1, 0.15) is 0 Å². The minimum absolute atomic E-state index is 0.110. The molecule has 0 saturated carbocycles. The van der Waals surface area contributed by atoms with Crippen molar-refractivity contribution in [2.45, 2.75) is 50.1 Å². The summed E-state index contributed by atoms with van der Waals surface area (Å²) in [6.07, 6.45) is 7.78. The number of carbonyl (C=O) groups is 1. The third-order valence-electron chi connectivity index (χ3n) is 5.52. The summed E-state index contributed by atoms with van der Waals surface area (Å²) in [5.74, 6) is 0. The molecular weight excluding hydrogens is 386 g/mol. The summed E-state index contributed by atoms with van der Waals surface area (Å²) in [7, 11) is 0.495. The van der Waals surface area contributed by atoms with E-state index in [1.807, 2.05) is 19.0 Å². The van der Waals surface area contributed by atoms with Gasteiger partial charge in [0.2, 0.25) is 0 Å². The van der Waals surface area contributed by atoms with Gasteiger partial charge in [-0.25, -0.2) is 19.1 Å². The van der Waals surface area contributed by atoms with Gasteiger partial charge in [-0.2, -0.15) is 0 Å². The Labute approximate surface area is 172 Å². The molecule has 0 saturated heterocycles. The fraction of sp³-hybridized carbons (Fsp3) is 0.429. The Bertz CT molecular complexity index is 1040. The maximum atomic E-state index is 12.9. The average Bonchev–Trinajstić information content (AvgIpc) is 3.30. The Morgan fingerprint density at radius 3 is 2.38 bits per heavy atom. The minimum atomic E-state index is -3.41. The molecule has 0 fully saturated rings. The van der Waals surface area contributed by atoms with E-state index in [1.165, 1.54) is 22.3 Å². The molecule has 1 aromatic heterocycles. The van der Waals surface area contributed by atoms with Crippen LogP contribution in [0.4, 0.5) is 10.5 Å². The SMILES string of the molecule is CN(C)Cc1ccc([S@](N)(=O)=NC(=O)Nc2c3c(cc4c2CCC4)CCC3)nc1. The summed E-state index contributed by atoms with van der Waals surface area (Å²) in [5, 5.41) is 8.91. The molecule has 1 aromatic carbocycles. The van der Waals surface area contributed by atoms with Gasteiger partial charge < -0.3 is 10.2 Å². The summed E-state index contributed by atoms with van der Waals surface area (Å²) < 4.78 is 16.7. The molecule has 0 spiro atoms. The van der Waals surface area contributed by atoms with E-state index in [-0.39, 0.29) is 5.03 Å². The maximum Gasteiger partial charge on any atom is 0.354 e. The normalized spacial score (nSPS) is 17.0. The number of nitrogens with two attached hydrogens (primary N) is 1. The van der Waals surface area contributed by atoms with Crippen molar-refractivity contribution < 1.29 is 9.00 Å². The number of urea groups is 1. The van der Waals surface area contributed by atoms with Crippen molar-refractivity contribution in [2.75, 3.05) is 19.4 Å². The lowest BCUT2D eigenvalue weighted by molar-refractivity contribution is 0.260. The molecule has 2 aliphatic carbocycles. The number of rotatable bonds is 4. The van der Waals surface area contributed by atoms with Crippen LogP contribution < -0.4 is 10.5 Å². The van der Waals surface area contributed by atoms with Gasteiger partial charge in [0.05, 0.1) is 0 Å². The fourth-order valence-electron chi connectivity index (χ4n) is 4.31. The van der Waals surface area contributed by atoms with Gasteiger partial charge in [-0.3, -0.25) is 0 Å². The number of amides is 2. The number of benzene rings is 1. The molecule has 8 heteroatoms. The second-order valence-corrected chi connectivity index (χ2v) is 9.80. The second kappa shape index (κ2) is 7.85. The van der Waals surface area contributed by atoms with E-state index in [1.54, 1.807) is 18.3 Å². The first kappa shape index (κ1) is 20.0. The quantitative estimate of drug-likeness (QED) is 0.804. The molecule has 2 aromatic rings. The highest BCUT2D eigenvalue weighted by Gasteiger charge is 2.25. The van der Waals surface area contributed by atoms with Crippen molar-refractivity contribution >= 4 is 21.6 Å². The molecule has 0 bridgehead atoms. The van der Waals surface area contributed by atoms with Crippen LogP contribution in [0.2, 0.25) is 0 Å². The van der Waals surface area contributed by atoms with E-state index in [4.69, 9.17) is 5.14 Å². The molecule has 0 aliphatic heterocycles. The van der Waals surface area contributed by atoms with Crippen molar-refractivity contribution in [2.24, 2.45) is 9.50 Å². The lowest BCUT2D eigenvalue weighted by Gasteiger charge is -2.15. The molecule has 3 N–H and O–H groups in total. The van der Waals surface area contributed by atoms with Crippen LogP contribution >= 0.6 is 0 Å². The number of nitrogens with zero attached hydrogens (tertiary/aromatic N) is 3. The lowest BCUT2D eigenvalue weighted by atomic mass is 9.99. The van der Waals surface area contributed by atoms with Gasteiger partial charge in [0.15, 0.2) is 14.9 Å². The predicted octanol–water partition coefficient (Wildman–Crippen LogP) is 3.05. The number of pyridine rings is 1. The summed E-state index contributed by atoms with van der Waals surface area (Å²) in [5.41, 5.74) is 6.85. The Balaban J connectivity index is 1.59. The highest BCUT2D eigenvalue weighted by atomic mass is 32.2. The molecule has 0 radical (unpaired) electrons. The largest absolute Gasteiger partial charge is 0.354 e. The van der Waals surface area contributed by atoms with Gasteiger partial charge in [0.25, 0.3) is 0 Å². The van der Waals surface area contributed by atoms with Crippen LogP contribution in [0.1, 0.15) is 40.7 Å². The van der Waals surface area contributed by atoms with Crippen molar-refractivity contribution in [1.29, 1.82) is 0 Å². The number of fused-ring (bicyclic) bond motifs is 2. The first-order chi connectivity index (χ1) is 13.8. The van der Waals surface area contributed by atoms with Crippen LogP contribution in [-0.4, -0.2) is 34.2 Å². The summed E-state index contributed by atoms with van der Waals surface area (Å²) in [4.78, 5) is 18.8. The standard InChI is InChI=1S/C21H27N5O2S/c1-26(2)13-14-9-10-19(23-12-14)29(22,28)25-21(27)24-20-17-7-3-5-15(17)11-16-6-4-8-18(16)20/h9-12H,3-8,13H2,1-2H3,(H3,22,24,25,27,28)/t29-/m1/s1. The second-order valence-electron chi connectivity index (χ2n) is 8.07. The van der Waals surface area contributed by atoms with E-state index in [0.29, 0.717) is 6.54 Å². The van der Waals surface area contributed by atoms with Crippen LogP contribution in [0.5, 0.6) is 0 Å². The van der Waals surface area contributed by atoms with E-state index < -0.39 is 15.9 Å². The van der Waals surface area contributed by atoms with E-state index in [0.717, 1.165) is 49.8 Å². The Morgan fingerprint density at radius 1 is 1.17 bits per heavy atom. The number of hydrogen-bond acceptors (Lipinski definition) is 4. The molecule has 154 valence electrons. The molecule has 2 amide bonds. The smallest absolute Gasteiger partial charge is 0.305 e. The number of nitrogens with one attached hydrogen (secondary N) is 1. The zero-order chi connectivity index (χ0) is 20.6. The molecular formula is C21H27N5O2S. The van der Waals surface area contributed by atoms with Crippen LogP contribution in [-0.2, 0) is 42.1 Å². The zero-order valence-electron chi connectivity index (χ0n) is 16.9. The molecule has 1 atom stereocenters. The Morgan fingerprint density at radius 2 is 1.83 bits per heavy atom. The van der Waals surface area contributed by atoms with E-state index in [2.05, 4.69) is 20.7 Å². The Hall–Kier alpha value is -2.29. The highest BCUT2D eigenvalue weighted by Crippen LogP contribution is 2.38. The number of aromatic nitrogens is 1. The fourth-order valence-corrected chi connectivity index (χ4v) is 5.16.